The normalized spacial score (nSPS) is 12.3. The molecule has 0 radical (unpaired) electrons. The van der Waals surface area contributed by atoms with Crippen molar-refractivity contribution in [2.24, 2.45) is 0 Å². The van der Waals surface area contributed by atoms with Gasteiger partial charge in [0.15, 0.2) is 0 Å². The average molecular weight is 269 g/mol. The van der Waals surface area contributed by atoms with E-state index in [2.05, 4.69) is 43.4 Å². The van der Waals surface area contributed by atoms with Gasteiger partial charge in [-0.3, -0.25) is 0 Å². The first kappa shape index (κ1) is 14.6. The number of aryl methyl sites for hydroxylation is 2. The number of benzene rings is 2. The molecule has 0 amide bonds. The first-order valence-corrected chi connectivity index (χ1v) is 7.21. The topological polar surface area (TPSA) is 32.3 Å². The van der Waals surface area contributed by atoms with Crippen molar-refractivity contribution in [1.82, 2.24) is 5.32 Å². The van der Waals surface area contributed by atoms with E-state index < -0.39 is 0 Å². The summed E-state index contributed by atoms with van der Waals surface area (Å²) in [5, 5.41) is 13.5. The molecule has 0 saturated heterocycles. The second-order valence-electron chi connectivity index (χ2n) is 5.28. The summed E-state index contributed by atoms with van der Waals surface area (Å²) in [6.45, 7) is 6.90. The van der Waals surface area contributed by atoms with E-state index in [1.165, 1.54) is 11.1 Å². The molecule has 2 aromatic carbocycles. The van der Waals surface area contributed by atoms with Crippen LogP contribution in [0.4, 0.5) is 0 Å². The molecule has 0 aliphatic heterocycles. The highest BCUT2D eigenvalue weighted by atomic mass is 16.3. The summed E-state index contributed by atoms with van der Waals surface area (Å²) in [5.41, 5.74) is 4.50. The Morgan fingerprint density at radius 2 is 1.80 bits per heavy atom. The molecule has 1 unspecified atom stereocenters. The SMILES string of the molecule is CCc1ccc(C(C)NCc2cccc(C)c2O)cc1. The van der Waals surface area contributed by atoms with Crippen LogP contribution in [0.25, 0.3) is 0 Å². The fourth-order valence-electron chi connectivity index (χ4n) is 2.29. The molecule has 2 rings (SSSR count). The molecule has 0 fully saturated rings. The number of rotatable bonds is 5. The Hall–Kier alpha value is -1.80. The van der Waals surface area contributed by atoms with Crippen LogP contribution in [-0.4, -0.2) is 5.11 Å². The molecule has 0 aliphatic carbocycles. The Balaban J connectivity index is 2.00. The van der Waals surface area contributed by atoms with Gasteiger partial charge >= 0.3 is 0 Å². The Bertz CT molecular complexity index is 560. The predicted octanol–water partition coefficient (Wildman–Crippen LogP) is 4.11. The molecule has 20 heavy (non-hydrogen) atoms. The van der Waals surface area contributed by atoms with Crippen LogP contribution in [0.15, 0.2) is 42.5 Å². The maximum Gasteiger partial charge on any atom is 0.122 e. The van der Waals surface area contributed by atoms with E-state index in [4.69, 9.17) is 0 Å². The molecule has 2 aromatic rings. The van der Waals surface area contributed by atoms with Crippen LogP contribution in [0, 0.1) is 6.92 Å². The van der Waals surface area contributed by atoms with Crippen LogP contribution in [0.2, 0.25) is 0 Å². The first-order chi connectivity index (χ1) is 9.61. The predicted molar refractivity (Wildman–Crippen MR) is 83.9 cm³/mol. The molecule has 2 nitrogen and oxygen atoms in total. The average Bonchev–Trinajstić information content (AvgIpc) is 2.48. The van der Waals surface area contributed by atoms with Crippen molar-refractivity contribution in [3.05, 3.63) is 64.7 Å². The van der Waals surface area contributed by atoms with Crippen LogP contribution in [0.5, 0.6) is 5.75 Å². The van der Waals surface area contributed by atoms with Gasteiger partial charge in [-0.05, 0) is 37.0 Å². The van der Waals surface area contributed by atoms with Gasteiger partial charge in [0.1, 0.15) is 5.75 Å². The van der Waals surface area contributed by atoms with Gasteiger partial charge in [-0.1, -0.05) is 49.4 Å². The second kappa shape index (κ2) is 6.58. The molecule has 0 aliphatic rings. The summed E-state index contributed by atoms with van der Waals surface area (Å²) < 4.78 is 0. The third-order valence-corrected chi connectivity index (χ3v) is 3.81. The van der Waals surface area contributed by atoms with Crippen LogP contribution < -0.4 is 5.32 Å². The van der Waals surface area contributed by atoms with E-state index in [1.54, 1.807) is 0 Å². The van der Waals surface area contributed by atoms with Crippen LogP contribution in [0.3, 0.4) is 0 Å². The van der Waals surface area contributed by atoms with E-state index in [-0.39, 0.29) is 6.04 Å². The van der Waals surface area contributed by atoms with Gasteiger partial charge in [-0.2, -0.15) is 0 Å². The molecule has 1 atom stereocenters. The zero-order valence-corrected chi connectivity index (χ0v) is 12.5. The lowest BCUT2D eigenvalue weighted by atomic mass is 10.0. The monoisotopic (exact) mass is 269 g/mol. The van der Waals surface area contributed by atoms with Crippen molar-refractivity contribution in [2.45, 2.75) is 39.8 Å². The minimum Gasteiger partial charge on any atom is -0.507 e. The first-order valence-electron chi connectivity index (χ1n) is 7.21. The second-order valence-corrected chi connectivity index (χ2v) is 5.28. The van der Waals surface area contributed by atoms with E-state index in [0.717, 1.165) is 17.5 Å². The number of para-hydroxylation sites is 1. The quantitative estimate of drug-likeness (QED) is 0.856. The van der Waals surface area contributed by atoms with Crippen LogP contribution in [0.1, 0.15) is 42.1 Å². The molecular weight excluding hydrogens is 246 g/mol. The fraction of sp³-hybridized carbons (Fsp3) is 0.333. The molecule has 2 heteroatoms. The number of aromatic hydroxyl groups is 1. The molecule has 106 valence electrons. The van der Waals surface area contributed by atoms with Gasteiger partial charge in [-0.25, -0.2) is 0 Å². The summed E-state index contributed by atoms with van der Waals surface area (Å²) >= 11 is 0. The Morgan fingerprint density at radius 3 is 2.45 bits per heavy atom. The Morgan fingerprint density at radius 1 is 1.10 bits per heavy atom. The van der Waals surface area contributed by atoms with Gasteiger partial charge in [-0.15, -0.1) is 0 Å². The molecular formula is C18H23NO. The Labute approximate surface area is 121 Å². The highest BCUT2D eigenvalue weighted by molar-refractivity contribution is 5.39. The van der Waals surface area contributed by atoms with Gasteiger partial charge in [0.25, 0.3) is 0 Å². The van der Waals surface area contributed by atoms with Gasteiger partial charge in [0.05, 0.1) is 0 Å². The maximum absolute atomic E-state index is 10.0. The minimum atomic E-state index is 0.265. The molecule has 2 N–H and O–H groups in total. The summed E-state index contributed by atoms with van der Waals surface area (Å²) in [7, 11) is 0. The highest BCUT2D eigenvalue weighted by Crippen LogP contribution is 2.22. The molecule has 0 aromatic heterocycles. The third kappa shape index (κ3) is 3.40. The van der Waals surface area contributed by atoms with Gasteiger partial charge in [0.2, 0.25) is 0 Å². The van der Waals surface area contributed by atoms with Crippen molar-refractivity contribution in [3.8, 4) is 5.75 Å². The standard InChI is InChI=1S/C18H23NO/c1-4-15-8-10-16(11-9-15)14(3)19-12-17-7-5-6-13(2)18(17)20/h5-11,14,19-20H,4,12H2,1-3H3. The van der Waals surface area contributed by atoms with E-state index in [9.17, 15) is 5.11 Å². The number of nitrogens with one attached hydrogen (secondary N) is 1. The maximum atomic E-state index is 10.0. The summed E-state index contributed by atoms with van der Waals surface area (Å²) in [6, 6.07) is 14.8. The van der Waals surface area contributed by atoms with Crippen molar-refractivity contribution in [3.63, 3.8) is 0 Å². The zero-order chi connectivity index (χ0) is 14.5. The van der Waals surface area contributed by atoms with Crippen molar-refractivity contribution in [1.29, 1.82) is 0 Å². The summed E-state index contributed by atoms with van der Waals surface area (Å²) in [6.07, 6.45) is 1.07. The Kier molecular flexibility index (Phi) is 4.80. The minimum absolute atomic E-state index is 0.265. The van der Waals surface area contributed by atoms with E-state index in [0.29, 0.717) is 12.3 Å². The molecule has 0 heterocycles. The lowest BCUT2D eigenvalue weighted by molar-refractivity contribution is 0.456. The van der Waals surface area contributed by atoms with Crippen molar-refractivity contribution < 1.29 is 5.11 Å². The summed E-state index contributed by atoms with van der Waals surface area (Å²) in [5.74, 6) is 0.397. The van der Waals surface area contributed by atoms with Crippen LogP contribution in [-0.2, 0) is 13.0 Å². The smallest absolute Gasteiger partial charge is 0.122 e. The largest absolute Gasteiger partial charge is 0.507 e. The zero-order valence-electron chi connectivity index (χ0n) is 12.5. The highest BCUT2D eigenvalue weighted by Gasteiger charge is 2.07. The molecule has 0 spiro atoms. The fourth-order valence-corrected chi connectivity index (χ4v) is 2.29. The van der Waals surface area contributed by atoms with Crippen LogP contribution >= 0.6 is 0 Å². The van der Waals surface area contributed by atoms with Gasteiger partial charge in [0, 0.05) is 18.2 Å². The third-order valence-electron chi connectivity index (χ3n) is 3.81. The lowest BCUT2D eigenvalue weighted by Gasteiger charge is -2.16. The molecule has 0 bridgehead atoms. The molecule has 0 saturated carbocycles. The van der Waals surface area contributed by atoms with Crippen molar-refractivity contribution in [2.75, 3.05) is 0 Å². The number of phenols is 1. The van der Waals surface area contributed by atoms with Crippen molar-refractivity contribution >= 4 is 0 Å². The number of hydrogen-bond donors (Lipinski definition) is 2. The van der Waals surface area contributed by atoms with E-state index in [1.807, 2.05) is 25.1 Å². The number of hydrogen-bond acceptors (Lipinski definition) is 2. The number of phenolic OH excluding ortho intramolecular Hbond substituents is 1. The summed E-state index contributed by atoms with van der Waals surface area (Å²) in [4.78, 5) is 0. The lowest BCUT2D eigenvalue weighted by Crippen LogP contribution is -2.18. The van der Waals surface area contributed by atoms with Gasteiger partial charge < -0.3 is 10.4 Å². The van der Waals surface area contributed by atoms with E-state index >= 15 is 0 Å².